The van der Waals surface area contributed by atoms with Crippen LogP contribution < -0.4 is 16.2 Å². The number of para-hydroxylation sites is 1. The second-order valence-corrected chi connectivity index (χ2v) is 13.9. The van der Waals surface area contributed by atoms with Crippen LogP contribution in [-0.2, 0) is 20.8 Å². The zero-order valence-electron chi connectivity index (χ0n) is 26.2. The Morgan fingerprint density at radius 3 is 1.88 bits per heavy atom. The Morgan fingerprint density at radius 2 is 1.44 bits per heavy atom. The molecule has 2 fully saturated rings. The highest BCUT2D eigenvalue weighted by Gasteiger charge is 2.62. The molecule has 1 aromatic carbocycles. The van der Waals surface area contributed by atoms with E-state index in [4.69, 9.17) is 5.73 Å². The molecule has 0 spiro atoms. The van der Waals surface area contributed by atoms with E-state index in [1.165, 1.54) is 98.7 Å². The van der Waals surface area contributed by atoms with Gasteiger partial charge >= 0.3 is 0 Å². The predicted molar refractivity (Wildman–Crippen MR) is 167 cm³/mol. The standard InChI is InChI=1S/C16H19N3O4S.C16H36N/c1-16(2)12(15(22)23)19-13(21)11(14(19)24-16)18-10(20)7-8-5-3-4-6-9(8)17;1-5-9-13-17(14-10-6-2,15-11-7-3)16-12-8-4/h3-6,11-12,14H,7,17H2,1-2H3,(H,18,20)(H,22,23);5-16H2,1-4H3/q;+1/p-1/t11?,12-,14+;/m0./s1. The lowest BCUT2D eigenvalue weighted by Crippen LogP contribution is -2.71. The second kappa shape index (κ2) is 16.4. The van der Waals surface area contributed by atoms with Gasteiger partial charge in [-0.15, -0.1) is 11.8 Å². The maximum Gasteiger partial charge on any atom is 0.249 e. The summed E-state index contributed by atoms with van der Waals surface area (Å²) in [6, 6.07) is 5.33. The lowest BCUT2D eigenvalue weighted by molar-refractivity contribution is -0.929. The van der Waals surface area contributed by atoms with Gasteiger partial charge in [0.25, 0.3) is 0 Å². The molecule has 3 rings (SSSR count). The van der Waals surface area contributed by atoms with Crippen LogP contribution in [0, 0.1) is 0 Å². The molecule has 2 aliphatic rings. The topological polar surface area (TPSA) is 116 Å². The number of nitrogens with two attached hydrogens (primary N) is 1. The highest BCUT2D eigenvalue weighted by Crippen LogP contribution is 2.50. The van der Waals surface area contributed by atoms with Gasteiger partial charge in [-0.25, -0.2) is 0 Å². The summed E-state index contributed by atoms with van der Waals surface area (Å²) in [6.45, 7) is 18.5. The summed E-state index contributed by atoms with van der Waals surface area (Å²) in [7, 11) is 0. The first kappa shape index (κ1) is 34.9. The number of fused-ring (bicyclic) bond motifs is 1. The van der Waals surface area contributed by atoms with E-state index in [0.717, 1.165) is 0 Å². The van der Waals surface area contributed by atoms with Crippen molar-refractivity contribution in [1.82, 2.24) is 10.2 Å². The third-order valence-corrected chi connectivity index (χ3v) is 9.90. The number of β-lactam (4-membered cyclic amide) rings is 1. The van der Waals surface area contributed by atoms with Crippen LogP contribution in [0.25, 0.3) is 0 Å². The van der Waals surface area contributed by atoms with E-state index in [1.54, 1.807) is 38.1 Å². The van der Waals surface area contributed by atoms with Gasteiger partial charge < -0.3 is 30.3 Å². The van der Waals surface area contributed by atoms with Gasteiger partial charge in [-0.3, -0.25) is 9.59 Å². The molecule has 232 valence electrons. The number of thioether (sulfide) groups is 1. The maximum absolute atomic E-state index is 12.3. The molecule has 0 aliphatic carbocycles. The number of carbonyl (C=O) groups is 3. The molecule has 2 aliphatic heterocycles. The van der Waals surface area contributed by atoms with Gasteiger partial charge in [0.15, 0.2) is 0 Å². The Bertz CT molecular complexity index is 964. The number of anilines is 1. The number of quaternary nitrogens is 1. The van der Waals surface area contributed by atoms with Crippen LogP contribution in [0.3, 0.4) is 0 Å². The van der Waals surface area contributed by atoms with Crippen LogP contribution in [0.5, 0.6) is 0 Å². The molecule has 2 saturated heterocycles. The SMILES string of the molecule is CC1(C)S[C@@H]2C(NC(=O)Cc3ccccc3N)C(=O)N2[C@H]1C(=O)[O-].CCCC[N+](CCCC)(CCCC)CCCC. The van der Waals surface area contributed by atoms with E-state index < -0.39 is 22.8 Å². The zero-order chi connectivity index (χ0) is 30.6. The number of benzene rings is 1. The third kappa shape index (κ3) is 9.37. The van der Waals surface area contributed by atoms with Gasteiger partial charge in [0.1, 0.15) is 11.4 Å². The van der Waals surface area contributed by atoms with Gasteiger partial charge in [-0.05, 0) is 51.2 Å². The van der Waals surface area contributed by atoms with Crippen molar-refractivity contribution in [3.05, 3.63) is 29.8 Å². The minimum Gasteiger partial charge on any atom is -0.548 e. The number of aliphatic carboxylic acids is 1. The van der Waals surface area contributed by atoms with Crippen LogP contribution in [0.4, 0.5) is 5.69 Å². The Labute approximate surface area is 252 Å². The second-order valence-electron chi connectivity index (χ2n) is 12.2. The maximum atomic E-state index is 12.3. The van der Waals surface area contributed by atoms with Gasteiger partial charge in [0.05, 0.1) is 44.6 Å². The molecule has 0 radical (unpaired) electrons. The smallest absolute Gasteiger partial charge is 0.249 e. The van der Waals surface area contributed by atoms with E-state index in [1.807, 2.05) is 0 Å². The van der Waals surface area contributed by atoms with Gasteiger partial charge in [0, 0.05) is 10.4 Å². The summed E-state index contributed by atoms with van der Waals surface area (Å²) in [4.78, 5) is 37.1. The lowest BCUT2D eigenvalue weighted by atomic mass is 9.96. The molecule has 0 bridgehead atoms. The number of amides is 2. The molecular weight excluding hydrogens is 536 g/mol. The van der Waals surface area contributed by atoms with Crippen LogP contribution in [-0.4, -0.2) is 75.6 Å². The summed E-state index contributed by atoms with van der Waals surface area (Å²) in [5.41, 5.74) is 7.02. The number of carboxylic acids is 1. The van der Waals surface area contributed by atoms with Crippen LogP contribution in [0.1, 0.15) is 98.5 Å². The number of nitrogens with one attached hydrogen (secondary N) is 1. The average Bonchev–Trinajstić information content (AvgIpc) is 3.20. The van der Waals surface area contributed by atoms with Crippen molar-refractivity contribution in [3.8, 4) is 0 Å². The van der Waals surface area contributed by atoms with Crippen molar-refractivity contribution in [2.24, 2.45) is 0 Å². The summed E-state index contributed by atoms with van der Waals surface area (Å²) in [5, 5.41) is 13.6. The number of rotatable bonds is 16. The molecule has 1 aromatic rings. The molecule has 3 N–H and O–H groups in total. The monoisotopic (exact) mass is 590 g/mol. The molecule has 0 aromatic heterocycles. The molecule has 1 unspecified atom stereocenters. The molecule has 3 atom stereocenters. The van der Waals surface area contributed by atoms with Gasteiger partial charge in [-0.2, -0.15) is 0 Å². The number of hydrogen-bond acceptors (Lipinski definition) is 6. The summed E-state index contributed by atoms with van der Waals surface area (Å²) in [5.74, 6) is -1.98. The van der Waals surface area contributed by atoms with Crippen molar-refractivity contribution in [3.63, 3.8) is 0 Å². The molecule has 0 saturated carbocycles. The quantitative estimate of drug-likeness (QED) is 0.170. The fraction of sp³-hybridized carbons (Fsp3) is 0.719. The number of hydrogen-bond donors (Lipinski definition) is 2. The van der Waals surface area contributed by atoms with Crippen molar-refractivity contribution in [1.29, 1.82) is 0 Å². The Hall–Kier alpha value is -2.26. The van der Waals surface area contributed by atoms with Crippen molar-refractivity contribution < 1.29 is 24.0 Å². The highest BCUT2D eigenvalue weighted by molar-refractivity contribution is 8.01. The highest BCUT2D eigenvalue weighted by atomic mass is 32.2. The normalized spacial score (nSPS) is 21.0. The van der Waals surface area contributed by atoms with E-state index in [2.05, 4.69) is 33.0 Å². The van der Waals surface area contributed by atoms with Crippen LogP contribution in [0.2, 0.25) is 0 Å². The summed E-state index contributed by atoms with van der Waals surface area (Å²) >= 11 is 1.36. The van der Waals surface area contributed by atoms with Crippen LogP contribution in [0.15, 0.2) is 24.3 Å². The lowest BCUT2D eigenvalue weighted by Gasteiger charge is -2.45. The van der Waals surface area contributed by atoms with Crippen molar-refractivity contribution in [2.45, 2.75) is 122 Å². The number of nitrogen functional groups attached to an aromatic ring is 1. The largest absolute Gasteiger partial charge is 0.548 e. The van der Waals surface area contributed by atoms with Gasteiger partial charge in [0.2, 0.25) is 11.8 Å². The number of carboxylic acid groups (broad SMARTS) is 1. The molecular formula is C32H54N4O4S. The van der Waals surface area contributed by atoms with Crippen molar-refractivity contribution in [2.75, 3.05) is 31.9 Å². The van der Waals surface area contributed by atoms with Crippen molar-refractivity contribution >= 4 is 35.2 Å². The van der Waals surface area contributed by atoms with Gasteiger partial charge in [-0.1, -0.05) is 71.6 Å². The first-order valence-electron chi connectivity index (χ1n) is 15.7. The number of unbranched alkanes of at least 4 members (excludes halogenated alkanes) is 4. The number of carbonyl (C=O) groups excluding carboxylic acids is 3. The molecule has 8 nitrogen and oxygen atoms in total. The first-order valence-corrected chi connectivity index (χ1v) is 16.5. The Balaban J connectivity index is 0.000000307. The molecule has 9 heteroatoms. The minimum absolute atomic E-state index is 0.0706. The summed E-state index contributed by atoms with van der Waals surface area (Å²) < 4.78 is 0.756. The fourth-order valence-corrected chi connectivity index (χ4v) is 7.48. The predicted octanol–water partition coefficient (Wildman–Crippen LogP) is 4.11. The molecule has 41 heavy (non-hydrogen) atoms. The van der Waals surface area contributed by atoms with E-state index >= 15 is 0 Å². The van der Waals surface area contributed by atoms with E-state index in [-0.39, 0.29) is 23.6 Å². The van der Waals surface area contributed by atoms with E-state index in [0.29, 0.717) is 11.3 Å². The third-order valence-electron chi connectivity index (χ3n) is 8.33. The van der Waals surface area contributed by atoms with E-state index in [9.17, 15) is 19.5 Å². The molecule has 2 heterocycles. The van der Waals surface area contributed by atoms with Crippen LogP contribution >= 0.6 is 11.8 Å². The Morgan fingerprint density at radius 1 is 0.951 bits per heavy atom. The average molecular weight is 591 g/mol. The summed E-state index contributed by atoms with van der Waals surface area (Å²) in [6.07, 6.45) is 11.1. The zero-order valence-corrected chi connectivity index (χ0v) is 27.1. The molecule has 2 amide bonds. The minimum atomic E-state index is -1.27. The Kier molecular flexibility index (Phi) is 14.0. The fourth-order valence-electron chi connectivity index (χ4n) is 5.86. The first-order chi connectivity index (χ1) is 19.5. The number of nitrogens with zero attached hydrogens (tertiary/aromatic N) is 2.